The molecule has 0 aromatic heterocycles. The molecule has 0 saturated carbocycles. The molecule has 0 unspecified atom stereocenters. The van der Waals surface area contributed by atoms with Gasteiger partial charge in [0.15, 0.2) is 0 Å². The summed E-state index contributed by atoms with van der Waals surface area (Å²) in [6.07, 6.45) is -3.01. The molecule has 1 aromatic carbocycles. The minimum atomic E-state index is -4.31. The molecule has 0 amide bonds. The van der Waals surface area contributed by atoms with E-state index >= 15 is 0 Å². The molecule has 0 fully saturated rings. The first-order valence-electron chi connectivity index (χ1n) is 4.67. The van der Waals surface area contributed by atoms with Gasteiger partial charge in [0, 0.05) is 6.42 Å². The number of rotatable bonds is 3. The van der Waals surface area contributed by atoms with Crippen LogP contribution < -0.4 is 0 Å². The Morgan fingerprint density at radius 3 is 2.28 bits per heavy atom. The SMILES string of the molecule is O=CCCc1cccc(C(F)(F)F)c1.O=S(O)O. The van der Waals surface area contributed by atoms with E-state index in [0.717, 1.165) is 12.1 Å². The fourth-order valence-corrected chi connectivity index (χ4v) is 1.13. The van der Waals surface area contributed by atoms with Crippen molar-refractivity contribution in [3.8, 4) is 0 Å². The first-order valence-corrected chi connectivity index (χ1v) is 5.73. The van der Waals surface area contributed by atoms with Crippen LogP contribution in [-0.4, -0.2) is 19.6 Å². The van der Waals surface area contributed by atoms with Gasteiger partial charge in [-0.05, 0) is 18.1 Å². The number of carbonyl (C=O) groups excluding carboxylic acids is 1. The van der Waals surface area contributed by atoms with Crippen molar-refractivity contribution < 1.29 is 31.3 Å². The van der Waals surface area contributed by atoms with Crippen molar-refractivity contribution in [2.75, 3.05) is 0 Å². The van der Waals surface area contributed by atoms with Crippen molar-refractivity contribution in [2.24, 2.45) is 0 Å². The van der Waals surface area contributed by atoms with Crippen LogP contribution in [0.2, 0.25) is 0 Å². The molecule has 4 nitrogen and oxygen atoms in total. The number of aryl methyl sites for hydroxylation is 1. The van der Waals surface area contributed by atoms with E-state index in [1.165, 1.54) is 6.07 Å². The quantitative estimate of drug-likeness (QED) is 0.660. The maximum atomic E-state index is 12.2. The lowest BCUT2D eigenvalue weighted by molar-refractivity contribution is -0.137. The third kappa shape index (κ3) is 7.93. The summed E-state index contributed by atoms with van der Waals surface area (Å²) in [5.74, 6) is 0. The maximum Gasteiger partial charge on any atom is 0.416 e. The Bertz CT molecular complexity index is 402. The van der Waals surface area contributed by atoms with Crippen molar-refractivity contribution in [3.63, 3.8) is 0 Å². The molecule has 0 radical (unpaired) electrons. The predicted molar refractivity (Wildman–Crippen MR) is 59.2 cm³/mol. The van der Waals surface area contributed by atoms with E-state index in [2.05, 4.69) is 0 Å². The fraction of sp³-hybridized carbons (Fsp3) is 0.300. The fourth-order valence-electron chi connectivity index (χ4n) is 1.13. The monoisotopic (exact) mass is 284 g/mol. The molecule has 0 saturated heterocycles. The molecule has 2 N–H and O–H groups in total. The van der Waals surface area contributed by atoms with E-state index in [-0.39, 0.29) is 6.42 Å². The van der Waals surface area contributed by atoms with Crippen molar-refractivity contribution in [1.82, 2.24) is 0 Å². The van der Waals surface area contributed by atoms with Crippen LogP contribution in [0, 0.1) is 0 Å². The minimum Gasteiger partial charge on any atom is -0.303 e. The second-order valence-corrected chi connectivity index (χ2v) is 3.60. The highest BCUT2D eigenvalue weighted by molar-refractivity contribution is 7.73. The third-order valence-electron chi connectivity index (χ3n) is 1.81. The van der Waals surface area contributed by atoms with Crippen LogP contribution in [0.5, 0.6) is 0 Å². The lowest BCUT2D eigenvalue weighted by Crippen LogP contribution is -2.05. The zero-order chi connectivity index (χ0) is 14.2. The molecule has 0 aliphatic carbocycles. The molecule has 0 spiro atoms. The summed E-state index contributed by atoms with van der Waals surface area (Å²) in [6.45, 7) is 0. The normalized spacial score (nSPS) is 10.8. The molecule has 0 aliphatic heterocycles. The minimum absolute atomic E-state index is 0.251. The van der Waals surface area contributed by atoms with Gasteiger partial charge in [0.1, 0.15) is 6.29 Å². The first kappa shape index (κ1) is 16.8. The second kappa shape index (κ2) is 7.96. The summed E-state index contributed by atoms with van der Waals surface area (Å²) >= 11 is -2.61. The summed E-state index contributed by atoms with van der Waals surface area (Å²) in [5.41, 5.74) is -0.132. The molecule has 0 aliphatic rings. The number of carbonyl (C=O) groups is 1. The number of aldehydes is 1. The van der Waals surface area contributed by atoms with Crippen LogP contribution in [0.1, 0.15) is 17.5 Å². The number of hydrogen-bond acceptors (Lipinski definition) is 2. The Labute approximate surface area is 104 Å². The van der Waals surface area contributed by atoms with Crippen LogP contribution in [0.4, 0.5) is 13.2 Å². The molecule has 0 atom stereocenters. The van der Waals surface area contributed by atoms with E-state index in [0.29, 0.717) is 18.3 Å². The van der Waals surface area contributed by atoms with Crippen molar-refractivity contribution >= 4 is 17.6 Å². The smallest absolute Gasteiger partial charge is 0.303 e. The van der Waals surface area contributed by atoms with Gasteiger partial charge >= 0.3 is 6.18 Å². The van der Waals surface area contributed by atoms with Crippen molar-refractivity contribution in [2.45, 2.75) is 19.0 Å². The van der Waals surface area contributed by atoms with E-state index in [1.54, 1.807) is 6.07 Å². The number of benzene rings is 1. The first-order chi connectivity index (χ1) is 8.27. The molecule has 0 heterocycles. The lowest BCUT2D eigenvalue weighted by atomic mass is 10.1. The van der Waals surface area contributed by atoms with Gasteiger partial charge in [-0.15, -0.1) is 0 Å². The summed E-state index contributed by atoms with van der Waals surface area (Å²) in [7, 11) is 0. The average molecular weight is 284 g/mol. The Hall–Kier alpha value is -1.25. The number of halogens is 3. The summed E-state index contributed by atoms with van der Waals surface area (Å²) in [6, 6.07) is 5.02. The standard InChI is InChI=1S/C10H9F3O.H2O3S/c11-10(12,13)9-5-1-3-8(7-9)4-2-6-14;1-4(2)3/h1,3,5-7H,2,4H2;(H2,1,2,3). The van der Waals surface area contributed by atoms with Crippen LogP contribution in [0.15, 0.2) is 24.3 Å². The number of alkyl halides is 3. The molecular weight excluding hydrogens is 273 g/mol. The van der Waals surface area contributed by atoms with Crippen LogP contribution >= 0.6 is 0 Å². The predicted octanol–water partition coefficient (Wildman–Crippen LogP) is 2.52. The molecule has 102 valence electrons. The van der Waals surface area contributed by atoms with E-state index in [1.807, 2.05) is 0 Å². The second-order valence-electron chi connectivity index (χ2n) is 3.13. The Balaban J connectivity index is 0.000000631. The summed E-state index contributed by atoms with van der Waals surface area (Å²) < 4.78 is 59.5. The van der Waals surface area contributed by atoms with Gasteiger partial charge in [-0.2, -0.15) is 17.4 Å². The van der Waals surface area contributed by atoms with Gasteiger partial charge in [0.2, 0.25) is 0 Å². The number of hydrogen-bond donors (Lipinski definition) is 2. The third-order valence-corrected chi connectivity index (χ3v) is 1.81. The van der Waals surface area contributed by atoms with E-state index < -0.39 is 23.1 Å². The molecule has 8 heteroatoms. The highest BCUT2D eigenvalue weighted by atomic mass is 32.2. The van der Waals surface area contributed by atoms with Crippen LogP contribution in [0.25, 0.3) is 0 Å². The van der Waals surface area contributed by atoms with E-state index in [4.69, 9.17) is 13.3 Å². The Morgan fingerprint density at radius 1 is 1.28 bits per heavy atom. The molecule has 18 heavy (non-hydrogen) atoms. The Morgan fingerprint density at radius 2 is 1.83 bits per heavy atom. The average Bonchev–Trinajstić information content (AvgIpc) is 2.25. The highest BCUT2D eigenvalue weighted by Crippen LogP contribution is 2.29. The lowest BCUT2D eigenvalue weighted by Gasteiger charge is -2.07. The zero-order valence-electron chi connectivity index (χ0n) is 9.05. The topological polar surface area (TPSA) is 74.6 Å². The summed E-state index contributed by atoms with van der Waals surface area (Å²) in [5, 5.41) is 0. The molecular formula is C10H11F3O4S. The van der Waals surface area contributed by atoms with Crippen molar-refractivity contribution in [1.29, 1.82) is 0 Å². The highest BCUT2D eigenvalue weighted by Gasteiger charge is 2.30. The van der Waals surface area contributed by atoms with Crippen LogP contribution in [-0.2, 0) is 28.8 Å². The van der Waals surface area contributed by atoms with Crippen molar-refractivity contribution in [3.05, 3.63) is 35.4 Å². The molecule has 1 rings (SSSR count). The van der Waals surface area contributed by atoms with Gasteiger partial charge in [0.05, 0.1) is 5.56 Å². The van der Waals surface area contributed by atoms with Gasteiger partial charge < -0.3 is 4.79 Å². The maximum absolute atomic E-state index is 12.2. The summed E-state index contributed by atoms with van der Waals surface area (Å²) in [4.78, 5) is 10.0. The largest absolute Gasteiger partial charge is 0.416 e. The van der Waals surface area contributed by atoms with Gasteiger partial charge in [0.25, 0.3) is 11.4 Å². The van der Waals surface area contributed by atoms with Gasteiger partial charge in [-0.1, -0.05) is 18.2 Å². The molecule has 1 aromatic rings. The van der Waals surface area contributed by atoms with Crippen LogP contribution in [0.3, 0.4) is 0 Å². The van der Waals surface area contributed by atoms with E-state index in [9.17, 15) is 18.0 Å². The zero-order valence-corrected chi connectivity index (χ0v) is 9.87. The van der Waals surface area contributed by atoms with Gasteiger partial charge in [-0.25, -0.2) is 0 Å². The molecule has 0 bridgehead atoms. The Kier molecular flexibility index (Phi) is 7.41. The van der Waals surface area contributed by atoms with Gasteiger partial charge in [-0.3, -0.25) is 9.11 Å².